The summed E-state index contributed by atoms with van der Waals surface area (Å²) in [7, 11) is 0. The molecule has 7 heavy (non-hydrogen) atoms. The van der Waals surface area contributed by atoms with Gasteiger partial charge in [-0.3, -0.25) is 0 Å². The van der Waals surface area contributed by atoms with Crippen LogP contribution in [-0.2, 0) is 21.7 Å². The molecule has 0 radical (unpaired) electrons. The Hall–Kier alpha value is 3.00. The molecule has 0 heterocycles. The van der Waals surface area contributed by atoms with Crippen molar-refractivity contribution in [1.29, 1.82) is 0 Å². The van der Waals surface area contributed by atoms with Gasteiger partial charge >= 0.3 is 57.9 Å². The predicted molar refractivity (Wildman–Crippen MR) is 6.87 cm³/mol. The van der Waals surface area contributed by atoms with Gasteiger partial charge in [-0.05, 0) is 0 Å². The molecular weight excluding hydrogens is 224 g/mol. The molecule has 0 rings (SSSR count). The smallest absolute Gasteiger partial charge is 1.00 e. The first kappa shape index (κ1) is 89.9. The Morgan fingerprint density at radius 1 is 0.714 bits per heavy atom. The number of hydrogen-bond acceptors (Lipinski definition) is 0. The summed E-state index contributed by atoms with van der Waals surface area (Å²) in [5.41, 5.74) is 0. The summed E-state index contributed by atoms with van der Waals surface area (Å²) in [5, 5.41) is 0. The van der Waals surface area contributed by atoms with E-state index in [4.69, 9.17) is 0 Å². The second-order valence-corrected chi connectivity index (χ2v) is 0. The van der Waals surface area contributed by atoms with Crippen molar-refractivity contribution in [3.05, 3.63) is 0 Å². The minimum Gasteiger partial charge on any atom is -1.00 e. The van der Waals surface area contributed by atoms with Crippen molar-refractivity contribution in [3.63, 3.8) is 0 Å². The average molecular weight is 225 g/mol. The van der Waals surface area contributed by atoms with E-state index in [1.54, 1.807) is 0 Å². The van der Waals surface area contributed by atoms with Gasteiger partial charge in [-0.1, -0.05) is 0 Å². The Kier molecular flexibility index (Phi) is 821. The summed E-state index contributed by atoms with van der Waals surface area (Å²) < 4.78 is 0. The van der Waals surface area contributed by atoms with Crippen LogP contribution in [0, 0.1) is 0 Å². The first-order chi connectivity index (χ1) is 0. The molecule has 0 nitrogen and oxygen atoms in total. The third-order valence-electron chi connectivity index (χ3n) is 0. The zero-order valence-electron chi connectivity index (χ0n) is 4.59. The number of hydrogen-bond donors (Lipinski definition) is 0. The van der Waals surface area contributed by atoms with Gasteiger partial charge in [0.25, 0.3) is 0 Å². The van der Waals surface area contributed by atoms with Crippen LogP contribution in [0.25, 0.3) is 0 Å². The fraction of sp³-hybridized carbons (Fsp3) is 0. The van der Waals surface area contributed by atoms with E-state index in [0.717, 1.165) is 0 Å². The van der Waals surface area contributed by atoms with Crippen LogP contribution < -0.4 is 68.5 Å². The third kappa shape index (κ3) is 48.9. The maximum Gasteiger partial charge on any atom is 4.00 e. The van der Waals surface area contributed by atoms with Crippen molar-refractivity contribution in [2.75, 3.05) is 0 Å². The van der Waals surface area contributed by atoms with E-state index in [1.807, 2.05) is 0 Å². The van der Waals surface area contributed by atoms with Crippen LogP contribution in [0.15, 0.2) is 0 Å². The molecule has 0 unspecified atom stereocenters. The summed E-state index contributed by atoms with van der Waals surface area (Å²) in [5.74, 6) is 0. The van der Waals surface area contributed by atoms with Crippen LogP contribution in [0.2, 0.25) is 0 Å². The Bertz CT molecular complexity index is 16.0. The van der Waals surface area contributed by atoms with Crippen molar-refractivity contribution in [2.24, 2.45) is 0 Å². The normalized spacial score (nSPS) is 0. The average Bonchev–Trinajstić information content (AvgIpc) is 0. The summed E-state index contributed by atoms with van der Waals surface area (Å²) in [6, 6.07) is 0. The monoisotopic (exact) mass is 223 g/mol. The van der Waals surface area contributed by atoms with Crippen molar-refractivity contribution >= 4 is 17.4 Å². The zero-order valence-corrected chi connectivity index (χ0v) is 9.33. The Balaban J connectivity index is 0. The van der Waals surface area contributed by atoms with Crippen molar-refractivity contribution in [3.8, 4) is 0 Å². The summed E-state index contributed by atoms with van der Waals surface area (Å²) in [6.45, 7) is 0. The summed E-state index contributed by atoms with van der Waals surface area (Å²) in [4.78, 5) is 0. The van der Waals surface area contributed by atoms with E-state index in [2.05, 4.69) is 0 Å². The van der Waals surface area contributed by atoms with Gasteiger partial charge in [0.05, 0.1) is 0 Å². The van der Waals surface area contributed by atoms with Gasteiger partial charge in [0.1, 0.15) is 0 Å². The molecule has 0 aromatic heterocycles. The van der Waals surface area contributed by atoms with E-state index in [-0.39, 0.29) is 109 Å². The van der Waals surface area contributed by atoms with Gasteiger partial charge in [-0.2, -0.15) is 0 Å². The van der Waals surface area contributed by atoms with Crippen LogP contribution in [0.1, 0.15) is 1.43 Å². The minimum atomic E-state index is 0. The molecule has 0 amide bonds. The Labute approximate surface area is 108 Å². The predicted octanol–water partition coefficient (Wildman–Crippen LogP) is -15.3. The third-order valence-corrected chi connectivity index (χ3v) is 0. The van der Waals surface area contributed by atoms with Crippen LogP contribution in [0.5, 0.6) is 0 Å². The minimum absolute atomic E-state index is 0. The molecule has 0 N–H and O–H groups in total. The molecule has 0 saturated heterocycles. The first-order valence-corrected chi connectivity index (χ1v) is 0. The second-order valence-electron chi connectivity index (χ2n) is 0. The molecule has 34 valence electrons. The second kappa shape index (κ2) is 63.9. The van der Waals surface area contributed by atoms with Crippen molar-refractivity contribution < 1.29 is 91.6 Å². The fourth-order valence-electron chi connectivity index (χ4n) is 0. The molecule has 0 saturated carbocycles. The summed E-state index contributed by atoms with van der Waals surface area (Å²) in [6.07, 6.45) is 0. The first-order valence-electron chi connectivity index (χ1n) is 0. The molecule has 0 atom stereocenters. The number of halogens is 4. The molecule has 0 spiro atoms. The maximum absolute atomic E-state index is 0. The zero-order chi connectivity index (χ0) is 0. The van der Waals surface area contributed by atoms with Gasteiger partial charge in [-0.15, -0.1) is 0 Å². The van der Waals surface area contributed by atoms with Gasteiger partial charge in [-0.25, -0.2) is 0 Å². The van der Waals surface area contributed by atoms with Crippen LogP contribution in [0.3, 0.4) is 0 Å². The Morgan fingerprint density at radius 2 is 0.714 bits per heavy atom. The van der Waals surface area contributed by atoms with E-state index in [1.165, 1.54) is 0 Å². The number of rotatable bonds is 0. The fourth-order valence-corrected chi connectivity index (χ4v) is 0. The molecule has 0 aliphatic carbocycles. The topological polar surface area (TPSA) is 0 Å². The van der Waals surface area contributed by atoms with Crippen molar-refractivity contribution in [2.45, 2.75) is 0 Å². The van der Waals surface area contributed by atoms with Gasteiger partial charge in [0.15, 0.2) is 0 Å². The maximum atomic E-state index is 0. The molecule has 0 fully saturated rings. The van der Waals surface area contributed by atoms with Crippen LogP contribution >= 0.6 is 0 Å². The molecule has 0 aromatic carbocycles. The van der Waals surface area contributed by atoms with Gasteiger partial charge < -0.3 is 51.1 Å². The van der Waals surface area contributed by atoms with E-state index in [9.17, 15) is 0 Å². The largest absolute Gasteiger partial charge is 4.00 e. The quantitative estimate of drug-likeness (QED) is 0.359. The van der Waals surface area contributed by atoms with E-state index in [0.29, 0.717) is 0 Å². The van der Waals surface area contributed by atoms with Crippen LogP contribution in [0.4, 0.5) is 0 Å². The SMILES string of the molecule is [Al+3].[Cl-].[Cl-].[Cl-].[Cl-].[H-].[Li+].[Ti+4]. The van der Waals surface area contributed by atoms with Crippen LogP contribution in [-0.4, -0.2) is 17.4 Å². The summed E-state index contributed by atoms with van der Waals surface area (Å²) >= 11 is 0. The van der Waals surface area contributed by atoms with E-state index >= 15 is 0 Å². The molecule has 0 aliphatic rings. The van der Waals surface area contributed by atoms with E-state index < -0.39 is 0 Å². The molecular formula is HAlCl4LiTi+3. The van der Waals surface area contributed by atoms with Crippen molar-refractivity contribution in [1.82, 2.24) is 0 Å². The van der Waals surface area contributed by atoms with Gasteiger partial charge in [0.2, 0.25) is 0 Å². The standard InChI is InChI=1S/Al.4ClH.Li.Ti.H/h;4*1H;;;/q+3;;;;;+1;+4;-1/p-4. The molecule has 7 heteroatoms. The Morgan fingerprint density at radius 3 is 0.714 bits per heavy atom. The molecule has 0 aromatic rings. The molecule has 0 aliphatic heterocycles. The van der Waals surface area contributed by atoms with Gasteiger partial charge in [0, 0.05) is 0 Å². The molecule has 0 bridgehead atoms.